The van der Waals surface area contributed by atoms with Crippen LogP contribution in [0.5, 0.6) is 0 Å². The first-order valence-electron chi connectivity index (χ1n) is 5.57. The summed E-state index contributed by atoms with van der Waals surface area (Å²) in [6, 6.07) is 8.31. The van der Waals surface area contributed by atoms with E-state index in [0.717, 1.165) is 0 Å². The Bertz CT molecular complexity index is 448. The third kappa shape index (κ3) is 5.17. The van der Waals surface area contributed by atoms with Crippen molar-refractivity contribution in [3.8, 4) is 0 Å². The summed E-state index contributed by atoms with van der Waals surface area (Å²) in [5.74, 6) is -2.29. The van der Waals surface area contributed by atoms with Crippen molar-refractivity contribution in [2.45, 2.75) is 0 Å². The molecule has 3 amide bonds. The van der Waals surface area contributed by atoms with Gasteiger partial charge in [-0.3, -0.25) is 25.2 Å². The Hall–Kier alpha value is -2.41. The van der Waals surface area contributed by atoms with E-state index in [2.05, 4.69) is 10.7 Å². The molecular weight excluding hydrogens is 250 g/mol. The van der Waals surface area contributed by atoms with E-state index in [1.807, 2.05) is 5.43 Å². The van der Waals surface area contributed by atoms with Gasteiger partial charge in [-0.15, -0.1) is 0 Å². The molecular formula is C12H15N3O4. The number of methoxy groups -OCH3 is 1. The van der Waals surface area contributed by atoms with Crippen LogP contribution in [0.1, 0.15) is 10.4 Å². The lowest BCUT2D eigenvalue weighted by Crippen LogP contribution is -2.49. The summed E-state index contributed by atoms with van der Waals surface area (Å²) in [6.07, 6.45) is 0. The highest BCUT2D eigenvalue weighted by Gasteiger charge is 2.13. The normalized spacial score (nSPS) is 9.53. The maximum absolute atomic E-state index is 11.6. The van der Waals surface area contributed by atoms with E-state index in [0.29, 0.717) is 12.2 Å². The molecule has 0 saturated heterocycles. The van der Waals surface area contributed by atoms with E-state index in [1.165, 1.54) is 7.11 Å². The molecule has 102 valence electrons. The maximum atomic E-state index is 11.6. The SMILES string of the molecule is COCCNC(=O)C(=O)NNC(=O)c1ccccc1. The third-order valence-corrected chi connectivity index (χ3v) is 2.12. The average Bonchev–Trinajstić information content (AvgIpc) is 2.45. The van der Waals surface area contributed by atoms with E-state index in [4.69, 9.17) is 4.74 Å². The Labute approximate surface area is 110 Å². The molecule has 0 saturated carbocycles. The van der Waals surface area contributed by atoms with Crippen LogP contribution in [-0.2, 0) is 14.3 Å². The third-order valence-electron chi connectivity index (χ3n) is 2.12. The van der Waals surface area contributed by atoms with Gasteiger partial charge in [0, 0.05) is 19.2 Å². The summed E-state index contributed by atoms with van der Waals surface area (Å²) in [6.45, 7) is 0.519. The molecule has 0 fully saturated rings. The number of hydrogen-bond acceptors (Lipinski definition) is 4. The van der Waals surface area contributed by atoms with Gasteiger partial charge < -0.3 is 10.1 Å². The van der Waals surface area contributed by atoms with Crippen LogP contribution in [0.2, 0.25) is 0 Å². The molecule has 1 aromatic rings. The van der Waals surface area contributed by atoms with Gasteiger partial charge in [-0.1, -0.05) is 18.2 Å². The molecule has 0 bridgehead atoms. The predicted octanol–water partition coefficient (Wildman–Crippen LogP) is -0.790. The van der Waals surface area contributed by atoms with Crippen LogP contribution >= 0.6 is 0 Å². The van der Waals surface area contributed by atoms with Gasteiger partial charge in [0.15, 0.2) is 0 Å². The highest BCUT2D eigenvalue weighted by atomic mass is 16.5. The second-order valence-electron chi connectivity index (χ2n) is 3.52. The monoisotopic (exact) mass is 265 g/mol. The van der Waals surface area contributed by atoms with Crippen LogP contribution in [-0.4, -0.2) is 38.0 Å². The largest absolute Gasteiger partial charge is 0.383 e. The summed E-state index contributed by atoms with van der Waals surface area (Å²) in [5.41, 5.74) is 4.53. The number of nitrogens with one attached hydrogen (secondary N) is 3. The van der Waals surface area contributed by atoms with Crippen molar-refractivity contribution in [3.63, 3.8) is 0 Å². The van der Waals surface area contributed by atoms with Gasteiger partial charge in [-0.05, 0) is 12.1 Å². The minimum atomic E-state index is -0.944. The zero-order valence-electron chi connectivity index (χ0n) is 10.4. The number of carbonyl (C=O) groups is 3. The van der Waals surface area contributed by atoms with Gasteiger partial charge in [-0.25, -0.2) is 0 Å². The van der Waals surface area contributed by atoms with Crippen molar-refractivity contribution in [2.75, 3.05) is 20.3 Å². The van der Waals surface area contributed by atoms with Crippen LogP contribution in [0.3, 0.4) is 0 Å². The number of amides is 3. The van der Waals surface area contributed by atoms with E-state index in [-0.39, 0.29) is 6.54 Å². The molecule has 1 aromatic carbocycles. The highest BCUT2D eigenvalue weighted by molar-refractivity contribution is 6.35. The minimum Gasteiger partial charge on any atom is -0.383 e. The fourth-order valence-electron chi connectivity index (χ4n) is 1.18. The minimum absolute atomic E-state index is 0.218. The summed E-state index contributed by atoms with van der Waals surface area (Å²) in [7, 11) is 1.48. The Morgan fingerprint density at radius 3 is 2.37 bits per heavy atom. The smallest absolute Gasteiger partial charge is 0.327 e. The lowest BCUT2D eigenvalue weighted by molar-refractivity contribution is -0.139. The summed E-state index contributed by atoms with van der Waals surface area (Å²) in [4.78, 5) is 34.1. The standard InChI is InChI=1S/C12H15N3O4/c1-19-8-7-13-11(17)12(18)15-14-10(16)9-5-3-2-4-6-9/h2-6H,7-8H2,1H3,(H,13,17)(H,14,16)(H,15,18). The number of hydrazine groups is 1. The number of benzene rings is 1. The molecule has 0 radical (unpaired) electrons. The quantitative estimate of drug-likeness (QED) is 0.377. The predicted molar refractivity (Wildman–Crippen MR) is 66.9 cm³/mol. The maximum Gasteiger partial charge on any atom is 0.327 e. The summed E-state index contributed by atoms with van der Waals surface area (Å²) < 4.78 is 4.71. The van der Waals surface area contributed by atoms with Crippen molar-refractivity contribution in [1.82, 2.24) is 16.2 Å². The second-order valence-corrected chi connectivity index (χ2v) is 3.52. The Morgan fingerprint density at radius 2 is 1.74 bits per heavy atom. The van der Waals surface area contributed by atoms with Crippen LogP contribution in [0.4, 0.5) is 0 Å². The van der Waals surface area contributed by atoms with E-state index in [1.54, 1.807) is 30.3 Å². The fraction of sp³-hybridized carbons (Fsp3) is 0.250. The first-order valence-corrected chi connectivity index (χ1v) is 5.57. The van der Waals surface area contributed by atoms with Gasteiger partial charge in [0.25, 0.3) is 5.91 Å². The number of ether oxygens (including phenoxy) is 1. The lowest BCUT2D eigenvalue weighted by atomic mass is 10.2. The van der Waals surface area contributed by atoms with Crippen molar-refractivity contribution in [1.29, 1.82) is 0 Å². The van der Waals surface area contributed by atoms with E-state index < -0.39 is 17.7 Å². The van der Waals surface area contributed by atoms with Gasteiger partial charge in [0.05, 0.1) is 6.61 Å². The van der Waals surface area contributed by atoms with Crippen LogP contribution in [0.25, 0.3) is 0 Å². The molecule has 1 rings (SSSR count). The molecule has 0 aliphatic heterocycles. The summed E-state index contributed by atoms with van der Waals surface area (Å²) in [5, 5.41) is 2.32. The van der Waals surface area contributed by atoms with E-state index >= 15 is 0 Å². The van der Waals surface area contributed by atoms with Crippen molar-refractivity contribution in [2.24, 2.45) is 0 Å². The molecule has 3 N–H and O–H groups in total. The molecule has 0 unspecified atom stereocenters. The molecule has 7 heteroatoms. The molecule has 0 aliphatic rings. The van der Waals surface area contributed by atoms with Crippen LogP contribution < -0.4 is 16.2 Å². The van der Waals surface area contributed by atoms with E-state index in [9.17, 15) is 14.4 Å². The summed E-state index contributed by atoms with van der Waals surface area (Å²) >= 11 is 0. The van der Waals surface area contributed by atoms with Crippen molar-refractivity contribution >= 4 is 17.7 Å². The number of carbonyl (C=O) groups excluding carboxylic acids is 3. The first-order chi connectivity index (χ1) is 9.15. The van der Waals surface area contributed by atoms with Gasteiger partial charge >= 0.3 is 11.8 Å². The zero-order valence-corrected chi connectivity index (χ0v) is 10.4. The van der Waals surface area contributed by atoms with Gasteiger partial charge in [-0.2, -0.15) is 0 Å². The first kappa shape index (κ1) is 14.7. The van der Waals surface area contributed by atoms with Gasteiger partial charge in [0.1, 0.15) is 0 Å². The van der Waals surface area contributed by atoms with Gasteiger partial charge in [0.2, 0.25) is 0 Å². The van der Waals surface area contributed by atoms with Crippen LogP contribution in [0, 0.1) is 0 Å². The number of hydrogen-bond donors (Lipinski definition) is 3. The Morgan fingerprint density at radius 1 is 1.05 bits per heavy atom. The fourth-order valence-corrected chi connectivity index (χ4v) is 1.18. The van der Waals surface area contributed by atoms with Crippen LogP contribution in [0.15, 0.2) is 30.3 Å². The molecule has 0 aromatic heterocycles. The Kier molecular flexibility index (Phi) is 6.04. The average molecular weight is 265 g/mol. The molecule has 7 nitrogen and oxygen atoms in total. The second kappa shape index (κ2) is 7.83. The number of rotatable bonds is 4. The van der Waals surface area contributed by atoms with Crippen molar-refractivity contribution in [3.05, 3.63) is 35.9 Å². The molecule has 19 heavy (non-hydrogen) atoms. The zero-order chi connectivity index (χ0) is 14.1. The molecule has 0 aliphatic carbocycles. The highest BCUT2D eigenvalue weighted by Crippen LogP contribution is 1.96. The lowest BCUT2D eigenvalue weighted by Gasteiger charge is -2.07. The van der Waals surface area contributed by atoms with Crippen molar-refractivity contribution < 1.29 is 19.1 Å². The topological polar surface area (TPSA) is 96.5 Å². The molecule has 0 heterocycles. The molecule has 0 spiro atoms. The Balaban J connectivity index is 2.34. The molecule has 0 atom stereocenters.